The third kappa shape index (κ3) is 4.86. The van der Waals surface area contributed by atoms with Gasteiger partial charge in [0, 0.05) is 29.2 Å². The molecule has 7 heteroatoms. The molecule has 3 aromatic carbocycles. The normalized spacial score (nSPS) is 12.2. The van der Waals surface area contributed by atoms with Crippen molar-refractivity contribution in [1.82, 2.24) is 9.78 Å². The Labute approximate surface area is 210 Å². The zero-order chi connectivity index (χ0) is 25.1. The van der Waals surface area contributed by atoms with Gasteiger partial charge in [0.1, 0.15) is 0 Å². The number of hydrogen-bond acceptors (Lipinski definition) is 4. The molecule has 0 fully saturated rings. The third-order valence-corrected chi connectivity index (χ3v) is 6.52. The van der Waals surface area contributed by atoms with Gasteiger partial charge in [-0.1, -0.05) is 54.6 Å². The predicted octanol–water partition coefficient (Wildman–Crippen LogP) is 4.41. The number of para-hydroxylation sites is 1. The maximum atomic E-state index is 13.4. The molecule has 0 spiro atoms. The minimum Gasteiger partial charge on any atom is -0.368 e. The number of carbonyl (C=O) groups is 2. The van der Waals surface area contributed by atoms with E-state index < -0.39 is 5.91 Å². The molecule has 1 aliphatic rings. The summed E-state index contributed by atoms with van der Waals surface area (Å²) >= 11 is 0. The number of primary amides is 1. The van der Waals surface area contributed by atoms with Gasteiger partial charge in [-0.15, -0.1) is 0 Å². The largest absolute Gasteiger partial charge is 0.368 e. The number of fused-ring (bicyclic) bond motifs is 1. The Bertz CT molecular complexity index is 1410. The lowest BCUT2D eigenvalue weighted by Gasteiger charge is -2.24. The first-order valence-electron chi connectivity index (χ1n) is 12.1. The van der Waals surface area contributed by atoms with Crippen LogP contribution in [0.25, 0.3) is 5.69 Å². The molecule has 182 valence electrons. The molecule has 1 aliphatic carbocycles. The summed E-state index contributed by atoms with van der Waals surface area (Å²) in [5.41, 5.74) is 12.7. The van der Waals surface area contributed by atoms with Crippen LogP contribution in [-0.4, -0.2) is 28.1 Å². The van der Waals surface area contributed by atoms with Crippen LogP contribution in [0.2, 0.25) is 0 Å². The van der Waals surface area contributed by atoms with Crippen molar-refractivity contribution in [2.24, 2.45) is 5.73 Å². The molecule has 0 atom stereocenters. The molecule has 0 bridgehead atoms. The maximum absolute atomic E-state index is 13.4. The summed E-state index contributed by atoms with van der Waals surface area (Å²) in [6.07, 6.45) is 2.75. The van der Waals surface area contributed by atoms with E-state index in [1.807, 2.05) is 82.4 Å². The second-order valence-electron chi connectivity index (χ2n) is 9.14. The average molecular weight is 480 g/mol. The standard InChI is InChI=1S/C29H29N5O2/c1-20-9-5-6-15-25(20)34-26-16-8-14-24(26)28(32-34)29(36)31-22-12-7-13-23(17-22)33(19-27(30)35)18-21-10-3-2-4-11-21/h2-7,9-13,15,17H,8,14,16,18-19H2,1H3,(H2,30,35)(H,31,36). The van der Waals surface area contributed by atoms with E-state index in [9.17, 15) is 9.59 Å². The molecule has 4 aromatic rings. The van der Waals surface area contributed by atoms with E-state index in [0.717, 1.165) is 53.0 Å². The van der Waals surface area contributed by atoms with Gasteiger partial charge < -0.3 is 16.0 Å². The first kappa shape index (κ1) is 23.4. The second-order valence-corrected chi connectivity index (χ2v) is 9.14. The molecule has 0 saturated carbocycles. The summed E-state index contributed by atoms with van der Waals surface area (Å²) in [6, 6.07) is 25.4. The monoisotopic (exact) mass is 479 g/mol. The van der Waals surface area contributed by atoms with Crippen LogP contribution in [0.5, 0.6) is 0 Å². The number of rotatable bonds is 8. The fraction of sp³-hybridized carbons (Fsp3) is 0.207. The fourth-order valence-corrected chi connectivity index (χ4v) is 4.82. The van der Waals surface area contributed by atoms with Crippen molar-refractivity contribution in [2.45, 2.75) is 32.7 Å². The SMILES string of the molecule is Cc1ccccc1-n1nc(C(=O)Nc2cccc(N(CC(N)=O)Cc3ccccc3)c2)c2c1CCC2. The van der Waals surface area contributed by atoms with E-state index >= 15 is 0 Å². The molecule has 3 N–H and O–H groups in total. The first-order chi connectivity index (χ1) is 17.5. The Morgan fingerprint density at radius 1 is 1.00 bits per heavy atom. The number of carbonyl (C=O) groups excluding carboxylic acids is 2. The first-order valence-corrected chi connectivity index (χ1v) is 12.1. The highest BCUT2D eigenvalue weighted by Gasteiger charge is 2.27. The fourth-order valence-electron chi connectivity index (χ4n) is 4.82. The molecule has 7 nitrogen and oxygen atoms in total. The van der Waals surface area contributed by atoms with Crippen molar-refractivity contribution in [2.75, 3.05) is 16.8 Å². The zero-order valence-corrected chi connectivity index (χ0v) is 20.3. The molecule has 0 saturated heterocycles. The van der Waals surface area contributed by atoms with Crippen LogP contribution in [0.4, 0.5) is 11.4 Å². The number of nitrogens with two attached hydrogens (primary N) is 1. The average Bonchev–Trinajstić information content (AvgIpc) is 3.48. The summed E-state index contributed by atoms with van der Waals surface area (Å²) < 4.78 is 1.93. The second kappa shape index (κ2) is 10.1. The number of aryl methyl sites for hydroxylation is 1. The molecular formula is C29H29N5O2. The highest BCUT2D eigenvalue weighted by Crippen LogP contribution is 2.30. The minimum atomic E-state index is -0.419. The molecule has 0 aliphatic heterocycles. The summed E-state index contributed by atoms with van der Waals surface area (Å²) in [4.78, 5) is 27.1. The Hall–Kier alpha value is -4.39. The zero-order valence-electron chi connectivity index (χ0n) is 20.3. The van der Waals surface area contributed by atoms with E-state index in [2.05, 4.69) is 18.3 Å². The van der Waals surface area contributed by atoms with Crippen molar-refractivity contribution in [3.8, 4) is 5.69 Å². The summed E-state index contributed by atoms with van der Waals surface area (Å²) in [6.45, 7) is 2.65. The van der Waals surface area contributed by atoms with Crippen LogP contribution in [0, 0.1) is 6.92 Å². The lowest BCUT2D eigenvalue weighted by molar-refractivity contribution is -0.116. The highest BCUT2D eigenvalue weighted by atomic mass is 16.2. The number of benzene rings is 3. The van der Waals surface area contributed by atoms with Crippen molar-refractivity contribution in [3.63, 3.8) is 0 Å². The number of nitrogens with one attached hydrogen (secondary N) is 1. The smallest absolute Gasteiger partial charge is 0.276 e. The number of amides is 2. The van der Waals surface area contributed by atoms with Gasteiger partial charge in [-0.3, -0.25) is 9.59 Å². The van der Waals surface area contributed by atoms with Crippen LogP contribution < -0.4 is 16.0 Å². The Kier molecular flexibility index (Phi) is 6.54. The van der Waals surface area contributed by atoms with Crippen LogP contribution in [0.1, 0.15) is 39.3 Å². The summed E-state index contributed by atoms with van der Waals surface area (Å²) in [7, 11) is 0. The van der Waals surface area contributed by atoms with Gasteiger partial charge in [0.2, 0.25) is 5.91 Å². The van der Waals surface area contributed by atoms with E-state index in [1.165, 1.54) is 0 Å². The Morgan fingerprint density at radius 2 is 1.78 bits per heavy atom. The van der Waals surface area contributed by atoms with Gasteiger partial charge in [-0.25, -0.2) is 4.68 Å². The van der Waals surface area contributed by atoms with Gasteiger partial charge >= 0.3 is 0 Å². The third-order valence-electron chi connectivity index (χ3n) is 6.52. The van der Waals surface area contributed by atoms with Gasteiger partial charge in [-0.2, -0.15) is 5.10 Å². The van der Waals surface area contributed by atoms with Gasteiger partial charge in [0.15, 0.2) is 5.69 Å². The summed E-state index contributed by atoms with van der Waals surface area (Å²) in [5, 5.41) is 7.77. The molecule has 5 rings (SSSR count). The lowest BCUT2D eigenvalue weighted by Crippen LogP contribution is -2.33. The van der Waals surface area contributed by atoms with Crippen LogP contribution in [0.15, 0.2) is 78.9 Å². The molecule has 1 heterocycles. The highest BCUT2D eigenvalue weighted by molar-refractivity contribution is 6.04. The van der Waals surface area contributed by atoms with E-state index in [-0.39, 0.29) is 12.5 Å². The van der Waals surface area contributed by atoms with Crippen molar-refractivity contribution in [3.05, 3.63) is 107 Å². The molecule has 2 amide bonds. The quantitative estimate of drug-likeness (QED) is 0.391. The Morgan fingerprint density at radius 3 is 2.56 bits per heavy atom. The van der Waals surface area contributed by atoms with E-state index in [0.29, 0.717) is 17.9 Å². The van der Waals surface area contributed by atoms with Gasteiger partial charge in [0.25, 0.3) is 5.91 Å². The van der Waals surface area contributed by atoms with E-state index in [1.54, 1.807) is 0 Å². The molecule has 0 unspecified atom stereocenters. The topological polar surface area (TPSA) is 93.2 Å². The molecule has 0 radical (unpaired) electrons. The number of anilines is 2. The molecular weight excluding hydrogens is 450 g/mol. The number of aromatic nitrogens is 2. The number of nitrogens with zero attached hydrogens (tertiary/aromatic N) is 3. The van der Waals surface area contributed by atoms with Gasteiger partial charge in [0.05, 0.1) is 12.2 Å². The molecule has 36 heavy (non-hydrogen) atoms. The van der Waals surface area contributed by atoms with Crippen molar-refractivity contribution >= 4 is 23.2 Å². The Balaban J connectivity index is 1.41. The number of hydrogen-bond donors (Lipinski definition) is 2. The summed E-state index contributed by atoms with van der Waals surface area (Å²) in [5.74, 6) is -0.653. The minimum absolute atomic E-state index is 0.0701. The lowest BCUT2D eigenvalue weighted by atomic mass is 10.1. The van der Waals surface area contributed by atoms with Gasteiger partial charge in [-0.05, 0) is 61.6 Å². The van der Waals surface area contributed by atoms with E-state index in [4.69, 9.17) is 10.8 Å². The van der Waals surface area contributed by atoms with Crippen LogP contribution in [-0.2, 0) is 24.2 Å². The van der Waals surface area contributed by atoms with Crippen molar-refractivity contribution < 1.29 is 9.59 Å². The predicted molar refractivity (Wildman–Crippen MR) is 141 cm³/mol. The maximum Gasteiger partial charge on any atom is 0.276 e. The van der Waals surface area contributed by atoms with Crippen LogP contribution >= 0.6 is 0 Å². The van der Waals surface area contributed by atoms with Crippen molar-refractivity contribution in [1.29, 1.82) is 0 Å². The molecule has 1 aromatic heterocycles. The van der Waals surface area contributed by atoms with Crippen LogP contribution in [0.3, 0.4) is 0 Å².